The van der Waals surface area contributed by atoms with Crippen molar-refractivity contribution in [2.24, 2.45) is 5.73 Å². The van der Waals surface area contributed by atoms with Gasteiger partial charge in [-0.05, 0) is 20.3 Å². The number of nitrogens with zero attached hydrogens (tertiary/aromatic N) is 1. The van der Waals surface area contributed by atoms with E-state index in [1.165, 1.54) is 0 Å². The van der Waals surface area contributed by atoms with Gasteiger partial charge in [0.2, 0.25) is 0 Å². The highest BCUT2D eigenvalue weighted by Gasteiger charge is 2.34. The molecule has 1 aromatic rings. The second kappa shape index (κ2) is 5.10. The third-order valence-corrected chi connectivity index (χ3v) is 2.54. The molecular weight excluding hydrogens is 263 g/mol. The fourth-order valence-electron chi connectivity index (χ4n) is 1.88. The van der Waals surface area contributed by atoms with Gasteiger partial charge in [0, 0.05) is 5.92 Å². The van der Waals surface area contributed by atoms with Gasteiger partial charge in [-0.1, -0.05) is 6.92 Å². The molecule has 8 heteroatoms. The quantitative estimate of drug-likeness (QED) is 0.889. The average Bonchev–Trinajstić information content (AvgIpc) is 2.61. The summed E-state index contributed by atoms with van der Waals surface area (Å²) in [5.74, 6) is -0.154. The number of carbonyl (C=O) groups excluding carboxylic acids is 1. The highest BCUT2D eigenvalue weighted by atomic mass is 19.4. The second-order valence-corrected chi connectivity index (χ2v) is 4.97. The Hall–Kier alpha value is -1.73. The first-order chi connectivity index (χ1) is 8.51. The van der Waals surface area contributed by atoms with Crippen LogP contribution in [0.3, 0.4) is 0 Å². The Morgan fingerprint density at radius 3 is 2.53 bits per heavy atom. The van der Waals surface area contributed by atoms with Gasteiger partial charge in [0.25, 0.3) is 0 Å². The maximum Gasteiger partial charge on any atom is 0.432 e. The van der Waals surface area contributed by atoms with E-state index in [2.05, 4.69) is 9.97 Å². The summed E-state index contributed by atoms with van der Waals surface area (Å²) in [7, 11) is 0. The molecule has 1 aromatic heterocycles. The molecule has 19 heavy (non-hydrogen) atoms. The zero-order chi connectivity index (χ0) is 14.8. The van der Waals surface area contributed by atoms with Crippen molar-refractivity contribution in [1.29, 1.82) is 0 Å². The van der Waals surface area contributed by atoms with E-state index < -0.39 is 23.6 Å². The molecule has 0 aliphatic carbocycles. The molecule has 5 nitrogen and oxygen atoms in total. The Morgan fingerprint density at radius 1 is 1.53 bits per heavy atom. The zero-order valence-corrected chi connectivity index (χ0v) is 10.8. The third kappa shape index (κ3) is 4.46. The Labute approximate surface area is 108 Å². The molecule has 0 aliphatic heterocycles. The van der Waals surface area contributed by atoms with E-state index in [1.807, 2.05) is 0 Å². The molecule has 1 unspecified atom stereocenters. The monoisotopic (exact) mass is 279 g/mol. The Bertz CT molecular complexity index is 454. The number of hydrogen-bond acceptors (Lipinski definition) is 3. The lowest BCUT2D eigenvalue weighted by Gasteiger charge is -2.26. The lowest BCUT2D eigenvalue weighted by atomic mass is 9.94. The molecule has 0 bridgehead atoms. The topological polar surface area (TPSA) is 81.0 Å². The third-order valence-electron chi connectivity index (χ3n) is 2.54. The van der Waals surface area contributed by atoms with Gasteiger partial charge < -0.3 is 15.5 Å². The first-order valence-corrected chi connectivity index (χ1v) is 5.62. The molecule has 1 heterocycles. The predicted molar refractivity (Wildman–Crippen MR) is 61.4 cm³/mol. The summed E-state index contributed by atoms with van der Waals surface area (Å²) in [6, 6.07) is 0. The molecule has 1 amide bonds. The number of aromatic amines is 1. The standard InChI is InChI=1S/C11H16F3N3O2/c1-6(4-10(2,3)19-9(15)18)8-16-5-7(17-8)11(12,13)14/h5-6H,4H2,1-3H3,(H2,15,18)(H,16,17). The minimum atomic E-state index is -4.45. The molecule has 0 saturated carbocycles. The Kier molecular flexibility index (Phi) is 4.12. The normalized spacial score (nSPS) is 14.2. The molecule has 0 radical (unpaired) electrons. The van der Waals surface area contributed by atoms with Crippen LogP contribution in [0.5, 0.6) is 0 Å². The van der Waals surface area contributed by atoms with Crippen LogP contribution in [0.25, 0.3) is 0 Å². The summed E-state index contributed by atoms with van der Waals surface area (Å²) in [5.41, 5.74) is 3.14. The number of ether oxygens (including phenoxy) is 1. The van der Waals surface area contributed by atoms with Crippen molar-refractivity contribution in [2.45, 2.75) is 44.9 Å². The summed E-state index contributed by atoms with van der Waals surface area (Å²) in [4.78, 5) is 16.6. The maximum atomic E-state index is 12.4. The highest BCUT2D eigenvalue weighted by molar-refractivity contribution is 5.65. The van der Waals surface area contributed by atoms with E-state index in [0.717, 1.165) is 6.20 Å². The molecule has 0 aromatic carbocycles. The number of nitrogens with two attached hydrogens (primary N) is 1. The number of nitrogens with one attached hydrogen (secondary N) is 1. The summed E-state index contributed by atoms with van der Waals surface area (Å²) in [6.45, 7) is 4.94. The van der Waals surface area contributed by atoms with Crippen LogP contribution in [0.1, 0.15) is 44.6 Å². The van der Waals surface area contributed by atoms with Crippen molar-refractivity contribution < 1.29 is 22.7 Å². The number of H-pyrrole nitrogens is 1. The van der Waals surface area contributed by atoms with Gasteiger partial charge in [0.1, 0.15) is 17.1 Å². The largest absolute Gasteiger partial charge is 0.444 e. The number of amides is 1. The number of imidazole rings is 1. The minimum Gasteiger partial charge on any atom is -0.444 e. The lowest BCUT2D eigenvalue weighted by molar-refractivity contribution is -0.140. The van der Waals surface area contributed by atoms with Crippen molar-refractivity contribution >= 4 is 6.09 Å². The summed E-state index contributed by atoms with van der Waals surface area (Å²) < 4.78 is 42.1. The first-order valence-electron chi connectivity index (χ1n) is 5.62. The summed E-state index contributed by atoms with van der Waals surface area (Å²) >= 11 is 0. The second-order valence-electron chi connectivity index (χ2n) is 4.97. The molecule has 0 saturated heterocycles. The van der Waals surface area contributed by atoms with Gasteiger partial charge in [-0.2, -0.15) is 13.2 Å². The van der Waals surface area contributed by atoms with Crippen molar-refractivity contribution in [3.8, 4) is 0 Å². The van der Waals surface area contributed by atoms with Crippen molar-refractivity contribution in [3.63, 3.8) is 0 Å². The molecular formula is C11H16F3N3O2. The van der Waals surface area contributed by atoms with Gasteiger partial charge in [-0.3, -0.25) is 0 Å². The lowest BCUT2D eigenvalue weighted by Crippen LogP contribution is -2.32. The summed E-state index contributed by atoms with van der Waals surface area (Å²) in [6.07, 6.45) is -4.34. The smallest absolute Gasteiger partial charge is 0.432 e. The first kappa shape index (κ1) is 15.3. The average molecular weight is 279 g/mol. The van der Waals surface area contributed by atoms with E-state index in [0.29, 0.717) is 6.42 Å². The van der Waals surface area contributed by atoms with Crippen LogP contribution in [0.15, 0.2) is 6.20 Å². The Morgan fingerprint density at radius 2 is 2.11 bits per heavy atom. The number of carbonyl (C=O) groups is 1. The van der Waals surface area contributed by atoms with Gasteiger partial charge in [-0.15, -0.1) is 0 Å². The van der Waals surface area contributed by atoms with E-state index in [9.17, 15) is 18.0 Å². The maximum absolute atomic E-state index is 12.4. The molecule has 1 rings (SSSR count). The minimum absolute atomic E-state index is 0.188. The molecule has 3 N–H and O–H groups in total. The van der Waals surface area contributed by atoms with E-state index >= 15 is 0 Å². The van der Waals surface area contributed by atoms with Crippen LogP contribution in [0, 0.1) is 0 Å². The molecule has 1 atom stereocenters. The zero-order valence-electron chi connectivity index (χ0n) is 10.8. The number of alkyl halides is 3. The molecule has 108 valence electrons. The fourth-order valence-corrected chi connectivity index (χ4v) is 1.88. The van der Waals surface area contributed by atoms with Crippen LogP contribution in [-0.4, -0.2) is 21.7 Å². The van der Waals surface area contributed by atoms with Crippen LogP contribution in [0.4, 0.5) is 18.0 Å². The van der Waals surface area contributed by atoms with Crippen molar-refractivity contribution in [3.05, 3.63) is 17.7 Å². The number of halogens is 3. The van der Waals surface area contributed by atoms with Crippen LogP contribution in [-0.2, 0) is 10.9 Å². The molecule has 0 aliphatic rings. The number of aromatic nitrogens is 2. The van der Waals surface area contributed by atoms with Gasteiger partial charge >= 0.3 is 12.3 Å². The summed E-state index contributed by atoms with van der Waals surface area (Å²) in [5, 5.41) is 0. The predicted octanol–water partition coefficient (Wildman–Crippen LogP) is 2.80. The number of hydrogen-bond donors (Lipinski definition) is 2. The van der Waals surface area contributed by atoms with Gasteiger partial charge in [0.15, 0.2) is 0 Å². The molecule has 0 fully saturated rings. The van der Waals surface area contributed by atoms with Crippen LogP contribution >= 0.6 is 0 Å². The SMILES string of the molecule is CC(CC(C)(C)OC(N)=O)c1ncc(C(F)(F)F)[nH]1. The van der Waals surface area contributed by atoms with Crippen LogP contribution < -0.4 is 5.73 Å². The molecule has 0 spiro atoms. The van der Waals surface area contributed by atoms with Gasteiger partial charge in [0.05, 0.1) is 6.20 Å². The number of rotatable bonds is 4. The van der Waals surface area contributed by atoms with E-state index in [-0.39, 0.29) is 11.7 Å². The van der Waals surface area contributed by atoms with E-state index in [4.69, 9.17) is 10.5 Å². The number of primary amides is 1. The van der Waals surface area contributed by atoms with Crippen molar-refractivity contribution in [2.75, 3.05) is 0 Å². The van der Waals surface area contributed by atoms with Gasteiger partial charge in [-0.25, -0.2) is 9.78 Å². The van der Waals surface area contributed by atoms with Crippen molar-refractivity contribution in [1.82, 2.24) is 9.97 Å². The highest BCUT2D eigenvalue weighted by Crippen LogP contribution is 2.31. The van der Waals surface area contributed by atoms with Crippen LogP contribution in [0.2, 0.25) is 0 Å². The fraction of sp³-hybridized carbons (Fsp3) is 0.636. The van der Waals surface area contributed by atoms with E-state index in [1.54, 1.807) is 20.8 Å². The Balaban J connectivity index is 2.76.